The van der Waals surface area contributed by atoms with Crippen LogP contribution in [0, 0.1) is 17.8 Å². The van der Waals surface area contributed by atoms with Crippen LogP contribution < -0.4 is 5.32 Å². The molecule has 6 rings (SSSR count). The average Bonchev–Trinajstić information content (AvgIpc) is 2.67. The summed E-state index contributed by atoms with van der Waals surface area (Å²) in [6, 6.07) is 17.1. The van der Waals surface area contributed by atoms with Gasteiger partial charge in [-0.15, -0.1) is 11.8 Å². The van der Waals surface area contributed by atoms with Crippen molar-refractivity contribution in [2.24, 2.45) is 17.8 Å². The zero-order valence-electron chi connectivity index (χ0n) is 16.7. The van der Waals surface area contributed by atoms with Crippen LogP contribution >= 0.6 is 27.7 Å². The largest absolute Gasteiger partial charge is 0.325 e. The molecule has 4 heteroatoms. The van der Waals surface area contributed by atoms with Crippen LogP contribution in [-0.2, 0) is 16.0 Å². The summed E-state index contributed by atoms with van der Waals surface area (Å²) in [5, 5.41) is 3.07. The third kappa shape index (κ3) is 4.29. The lowest BCUT2D eigenvalue weighted by Gasteiger charge is -2.57. The SMILES string of the molecule is O=C(CSCc1cccc(Br)c1)Nc1ccc(C23CC4CC(CC(C4)C2)C3)cc1. The Morgan fingerprint density at radius 3 is 2.28 bits per heavy atom. The van der Waals surface area contributed by atoms with Crippen LogP contribution in [0.5, 0.6) is 0 Å². The van der Waals surface area contributed by atoms with Crippen LogP contribution in [0.2, 0.25) is 0 Å². The number of anilines is 1. The minimum Gasteiger partial charge on any atom is -0.325 e. The van der Waals surface area contributed by atoms with Crippen LogP contribution in [0.3, 0.4) is 0 Å². The van der Waals surface area contributed by atoms with Gasteiger partial charge in [0.25, 0.3) is 0 Å². The van der Waals surface area contributed by atoms with Gasteiger partial charge in [-0.3, -0.25) is 4.79 Å². The molecular weight excluding hydrogens is 442 g/mol. The highest BCUT2D eigenvalue weighted by Gasteiger charge is 2.51. The molecule has 4 fully saturated rings. The third-order valence-electron chi connectivity index (χ3n) is 7.21. The van der Waals surface area contributed by atoms with Crippen molar-refractivity contribution in [2.75, 3.05) is 11.1 Å². The normalized spacial score (nSPS) is 29.8. The average molecular weight is 470 g/mol. The third-order valence-corrected chi connectivity index (χ3v) is 8.71. The van der Waals surface area contributed by atoms with E-state index in [2.05, 4.69) is 57.6 Å². The Kier molecular flexibility index (Phi) is 5.51. The first-order chi connectivity index (χ1) is 14.1. The van der Waals surface area contributed by atoms with Gasteiger partial charge < -0.3 is 5.32 Å². The highest BCUT2D eigenvalue weighted by Crippen LogP contribution is 2.60. The lowest BCUT2D eigenvalue weighted by atomic mass is 9.48. The van der Waals surface area contributed by atoms with Crippen molar-refractivity contribution in [2.45, 2.75) is 49.7 Å². The molecule has 2 nitrogen and oxygen atoms in total. The monoisotopic (exact) mass is 469 g/mol. The molecule has 2 aromatic rings. The summed E-state index contributed by atoms with van der Waals surface area (Å²) in [5.41, 5.74) is 4.10. The molecule has 0 atom stereocenters. The van der Waals surface area contributed by atoms with Gasteiger partial charge in [0.15, 0.2) is 0 Å². The van der Waals surface area contributed by atoms with E-state index in [0.29, 0.717) is 11.2 Å². The summed E-state index contributed by atoms with van der Waals surface area (Å²) < 4.78 is 1.08. The first-order valence-electron chi connectivity index (χ1n) is 10.8. The summed E-state index contributed by atoms with van der Waals surface area (Å²) >= 11 is 5.15. The molecule has 0 aliphatic heterocycles. The van der Waals surface area contributed by atoms with Crippen molar-refractivity contribution in [3.8, 4) is 0 Å². The van der Waals surface area contributed by atoms with E-state index >= 15 is 0 Å². The number of benzene rings is 2. The summed E-state index contributed by atoms with van der Waals surface area (Å²) in [6.45, 7) is 0. The second kappa shape index (κ2) is 8.11. The molecule has 1 amide bonds. The molecule has 0 saturated heterocycles. The van der Waals surface area contributed by atoms with Crippen molar-refractivity contribution in [3.63, 3.8) is 0 Å². The number of carbonyl (C=O) groups is 1. The number of rotatable bonds is 6. The molecule has 29 heavy (non-hydrogen) atoms. The van der Waals surface area contributed by atoms with E-state index in [0.717, 1.165) is 33.7 Å². The van der Waals surface area contributed by atoms with Crippen LogP contribution in [0.25, 0.3) is 0 Å². The van der Waals surface area contributed by atoms with Gasteiger partial charge in [-0.2, -0.15) is 0 Å². The van der Waals surface area contributed by atoms with E-state index in [1.54, 1.807) is 11.8 Å². The van der Waals surface area contributed by atoms with Crippen molar-refractivity contribution in [1.29, 1.82) is 0 Å². The number of nitrogens with one attached hydrogen (secondary N) is 1. The summed E-state index contributed by atoms with van der Waals surface area (Å²) in [6.07, 6.45) is 8.59. The zero-order chi connectivity index (χ0) is 19.8. The molecule has 0 radical (unpaired) electrons. The predicted molar refractivity (Wildman–Crippen MR) is 125 cm³/mol. The fourth-order valence-corrected chi connectivity index (χ4v) is 7.68. The van der Waals surface area contributed by atoms with E-state index in [1.807, 2.05) is 12.1 Å². The Bertz CT molecular complexity index is 859. The number of amides is 1. The Hall–Kier alpha value is -1.26. The van der Waals surface area contributed by atoms with Crippen molar-refractivity contribution in [1.82, 2.24) is 0 Å². The molecule has 4 aliphatic carbocycles. The van der Waals surface area contributed by atoms with Gasteiger partial charge in [-0.25, -0.2) is 0 Å². The highest BCUT2D eigenvalue weighted by atomic mass is 79.9. The van der Waals surface area contributed by atoms with Gasteiger partial charge in [0, 0.05) is 15.9 Å². The molecule has 1 N–H and O–H groups in total. The maximum atomic E-state index is 12.3. The minimum atomic E-state index is 0.0764. The zero-order valence-corrected chi connectivity index (χ0v) is 19.1. The lowest BCUT2D eigenvalue weighted by Crippen LogP contribution is -2.48. The van der Waals surface area contributed by atoms with Crippen LogP contribution in [0.4, 0.5) is 5.69 Å². The number of hydrogen-bond acceptors (Lipinski definition) is 2. The second-order valence-corrected chi connectivity index (χ2v) is 11.3. The number of thioether (sulfide) groups is 1. The quantitative estimate of drug-likeness (QED) is 0.504. The van der Waals surface area contributed by atoms with Crippen LogP contribution in [0.15, 0.2) is 53.0 Å². The maximum absolute atomic E-state index is 12.3. The Balaban J connectivity index is 1.16. The molecule has 0 aromatic heterocycles. The second-order valence-electron chi connectivity index (χ2n) is 9.45. The molecule has 4 saturated carbocycles. The number of hydrogen-bond donors (Lipinski definition) is 1. The van der Waals surface area contributed by atoms with E-state index in [4.69, 9.17) is 0 Å². The molecule has 2 aromatic carbocycles. The van der Waals surface area contributed by atoms with Crippen molar-refractivity contribution < 1.29 is 4.79 Å². The van der Waals surface area contributed by atoms with Crippen LogP contribution in [-0.4, -0.2) is 11.7 Å². The molecule has 0 unspecified atom stereocenters. The number of halogens is 1. The molecular formula is C25H28BrNOS. The van der Waals surface area contributed by atoms with Crippen LogP contribution in [0.1, 0.15) is 49.7 Å². The fourth-order valence-electron chi connectivity index (χ4n) is 6.46. The van der Waals surface area contributed by atoms with Gasteiger partial charge in [-0.1, -0.05) is 40.2 Å². The maximum Gasteiger partial charge on any atom is 0.234 e. The Labute approximate surface area is 186 Å². The minimum absolute atomic E-state index is 0.0764. The molecule has 4 bridgehead atoms. The van der Waals surface area contributed by atoms with E-state index < -0.39 is 0 Å². The van der Waals surface area contributed by atoms with Gasteiger partial charge in [0.1, 0.15) is 0 Å². The highest BCUT2D eigenvalue weighted by molar-refractivity contribution is 9.10. The Morgan fingerprint density at radius 1 is 1.00 bits per heavy atom. The van der Waals surface area contributed by atoms with E-state index in [1.165, 1.54) is 49.7 Å². The topological polar surface area (TPSA) is 29.1 Å². The molecule has 0 heterocycles. The molecule has 152 valence electrons. The lowest BCUT2D eigenvalue weighted by molar-refractivity contribution is -0.113. The fraction of sp³-hybridized carbons (Fsp3) is 0.480. The van der Waals surface area contributed by atoms with Crippen molar-refractivity contribution >= 4 is 39.3 Å². The summed E-state index contributed by atoms with van der Waals surface area (Å²) in [7, 11) is 0. The first-order valence-corrected chi connectivity index (χ1v) is 12.8. The first kappa shape index (κ1) is 19.7. The number of carbonyl (C=O) groups excluding carboxylic acids is 1. The van der Waals surface area contributed by atoms with Gasteiger partial charge >= 0.3 is 0 Å². The summed E-state index contributed by atoms with van der Waals surface area (Å²) in [5.74, 6) is 4.28. The standard InChI is InChI=1S/C25H28BrNOS/c26-22-3-1-2-17(11-22)15-29-16-24(28)27-23-6-4-21(5-7-23)25-12-18-8-19(13-25)10-20(9-18)14-25/h1-7,11,18-20H,8-10,12-16H2,(H,27,28). The molecule has 0 spiro atoms. The van der Waals surface area contributed by atoms with Crippen molar-refractivity contribution in [3.05, 3.63) is 64.1 Å². The molecule has 4 aliphatic rings. The van der Waals surface area contributed by atoms with Gasteiger partial charge in [0.05, 0.1) is 5.75 Å². The Morgan fingerprint density at radius 2 is 1.66 bits per heavy atom. The predicted octanol–water partition coefficient (Wildman–Crippen LogP) is 6.79. The van der Waals surface area contributed by atoms with E-state index in [-0.39, 0.29) is 5.91 Å². The van der Waals surface area contributed by atoms with Gasteiger partial charge in [-0.05, 0) is 97.1 Å². The summed E-state index contributed by atoms with van der Waals surface area (Å²) in [4.78, 5) is 12.3. The smallest absolute Gasteiger partial charge is 0.234 e. The van der Waals surface area contributed by atoms with Gasteiger partial charge in [0.2, 0.25) is 5.91 Å². The van der Waals surface area contributed by atoms with E-state index in [9.17, 15) is 4.79 Å².